The van der Waals surface area contributed by atoms with Crippen LogP contribution in [-0.4, -0.2) is 39.2 Å². The predicted molar refractivity (Wildman–Crippen MR) is 118 cm³/mol. The van der Waals surface area contributed by atoms with Crippen molar-refractivity contribution in [2.75, 3.05) is 27.4 Å². The second kappa shape index (κ2) is 11.3. The first kappa shape index (κ1) is 22.5. The number of hydrazine groups is 1. The summed E-state index contributed by atoms with van der Waals surface area (Å²) < 4.78 is 21.6. The first-order chi connectivity index (χ1) is 15.6. The average molecular weight is 436 g/mol. The monoisotopic (exact) mass is 436 g/mol. The van der Waals surface area contributed by atoms with Crippen LogP contribution in [0.25, 0.3) is 0 Å². The van der Waals surface area contributed by atoms with Crippen molar-refractivity contribution in [3.05, 3.63) is 83.9 Å². The first-order valence-electron chi connectivity index (χ1n) is 9.84. The van der Waals surface area contributed by atoms with Crippen LogP contribution in [0.3, 0.4) is 0 Å². The lowest BCUT2D eigenvalue weighted by Crippen LogP contribution is -2.41. The molecule has 3 aromatic carbocycles. The molecule has 3 aromatic rings. The highest BCUT2D eigenvalue weighted by atomic mass is 16.5. The van der Waals surface area contributed by atoms with Crippen molar-refractivity contribution in [2.24, 2.45) is 0 Å². The summed E-state index contributed by atoms with van der Waals surface area (Å²) >= 11 is 0. The molecule has 2 N–H and O–H groups in total. The molecule has 8 nitrogen and oxygen atoms in total. The molecule has 0 spiro atoms. The Morgan fingerprint density at radius 2 is 1.34 bits per heavy atom. The Morgan fingerprint density at radius 3 is 2.09 bits per heavy atom. The number of hydrogen-bond donors (Lipinski definition) is 2. The molecule has 0 saturated heterocycles. The molecule has 0 aliphatic carbocycles. The minimum absolute atomic E-state index is 0.247. The van der Waals surface area contributed by atoms with E-state index in [2.05, 4.69) is 10.9 Å². The fourth-order valence-electron chi connectivity index (χ4n) is 2.84. The van der Waals surface area contributed by atoms with Crippen LogP contribution in [-0.2, 0) is 0 Å². The largest absolute Gasteiger partial charge is 0.493 e. The molecule has 0 aliphatic heterocycles. The summed E-state index contributed by atoms with van der Waals surface area (Å²) in [5.41, 5.74) is 5.36. The first-order valence-corrected chi connectivity index (χ1v) is 9.84. The number of nitrogens with one attached hydrogen (secondary N) is 2. The second-order valence-electron chi connectivity index (χ2n) is 6.48. The lowest BCUT2D eigenvalue weighted by molar-refractivity contribution is 0.0843. The number of ether oxygens (including phenoxy) is 4. The Kier molecular flexibility index (Phi) is 7.91. The van der Waals surface area contributed by atoms with E-state index >= 15 is 0 Å². The molecule has 0 aliphatic rings. The summed E-state index contributed by atoms with van der Waals surface area (Å²) in [5, 5.41) is 0. The van der Waals surface area contributed by atoms with E-state index in [-0.39, 0.29) is 12.2 Å². The van der Waals surface area contributed by atoms with Crippen LogP contribution in [0.15, 0.2) is 72.8 Å². The van der Waals surface area contributed by atoms with Gasteiger partial charge in [-0.05, 0) is 42.5 Å². The van der Waals surface area contributed by atoms with Crippen molar-refractivity contribution in [1.29, 1.82) is 0 Å². The normalized spacial score (nSPS) is 10.1. The van der Waals surface area contributed by atoms with Crippen molar-refractivity contribution in [2.45, 2.75) is 0 Å². The van der Waals surface area contributed by atoms with Gasteiger partial charge in [0.15, 0.2) is 11.5 Å². The van der Waals surface area contributed by atoms with Gasteiger partial charge in [0, 0.05) is 5.56 Å². The van der Waals surface area contributed by atoms with Crippen LogP contribution < -0.4 is 29.8 Å². The molecule has 8 heteroatoms. The number of hydrogen-bond acceptors (Lipinski definition) is 6. The van der Waals surface area contributed by atoms with Gasteiger partial charge in [0.25, 0.3) is 11.8 Å². The Balaban J connectivity index is 1.55. The molecule has 0 aromatic heterocycles. The SMILES string of the molecule is COc1ccc(C(=O)NNC(=O)c2ccccc2OCCOc2ccccc2)cc1OC. The van der Waals surface area contributed by atoms with Crippen molar-refractivity contribution < 1.29 is 28.5 Å². The third-order valence-corrected chi connectivity index (χ3v) is 4.42. The number of carbonyl (C=O) groups excluding carboxylic acids is 2. The molecular formula is C24H24N2O6. The Bertz CT molecular complexity index is 1060. The quantitative estimate of drug-likeness (QED) is 0.395. The summed E-state index contributed by atoms with van der Waals surface area (Å²) in [6.07, 6.45) is 0. The van der Waals surface area contributed by atoms with Gasteiger partial charge in [-0.25, -0.2) is 0 Å². The third kappa shape index (κ3) is 5.91. The summed E-state index contributed by atoms with van der Waals surface area (Å²) in [5.74, 6) is 0.993. The van der Waals surface area contributed by atoms with E-state index in [1.165, 1.54) is 20.3 Å². The molecule has 2 amide bonds. The van der Waals surface area contributed by atoms with Crippen molar-refractivity contribution in [1.82, 2.24) is 10.9 Å². The fraction of sp³-hybridized carbons (Fsp3) is 0.167. The van der Waals surface area contributed by atoms with Gasteiger partial charge in [-0.2, -0.15) is 0 Å². The summed E-state index contributed by atoms with van der Waals surface area (Å²) in [6, 6.07) is 20.8. The number of benzene rings is 3. The zero-order valence-corrected chi connectivity index (χ0v) is 17.8. The van der Waals surface area contributed by atoms with Gasteiger partial charge in [-0.15, -0.1) is 0 Å². The van der Waals surface area contributed by atoms with Crippen LogP contribution in [0.1, 0.15) is 20.7 Å². The molecular weight excluding hydrogens is 412 g/mol. The Hall–Kier alpha value is -4.20. The maximum absolute atomic E-state index is 12.6. The summed E-state index contributed by atoms with van der Waals surface area (Å²) in [4.78, 5) is 25.0. The van der Waals surface area contributed by atoms with Gasteiger partial charge in [0.05, 0.1) is 19.8 Å². The van der Waals surface area contributed by atoms with Gasteiger partial charge in [-0.3, -0.25) is 20.4 Å². The number of carbonyl (C=O) groups is 2. The van der Waals surface area contributed by atoms with Crippen molar-refractivity contribution in [3.8, 4) is 23.0 Å². The van der Waals surface area contributed by atoms with Gasteiger partial charge < -0.3 is 18.9 Å². The zero-order chi connectivity index (χ0) is 22.8. The van der Waals surface area contributed by atoms with E-state index in [0.717, 1.165) is 5.75 Å². The molecule has 0 radical (unpaired) electrons. The topological polar surface area (TPSA) is 95.1 Å². The summed E-state index contributed by atoms with van der Waals surface area (Å²) in [6.45, 7) is 0.563. The highest BCUT2D eigenvalue weighted by Crippen LogP contribution is 2.27. The minimum atomic E-state index is -0.515. The molecule has 0 atom stereocenters. The van der Waals surface area contributed by atoms with Crippen LogP contribution in [0.2, 0.25) is 0 Å². The lowest BCUT2D eigenvalue weighted by atomic mass is 10.2. The van der Waals surface area contributed by atoms with E-state index in [1.54, 1.807) is 36.4 Å². The van der Waals surface area contributed by atoms with Gasteiger partial charge in [0.2, 0.25) is 0 Å². The lowest BCUT2D eigenvalue weighted by Gasteiger charge is -2.13. The third-order valence-electron chi connectivity index (χ3n) is 4.42. The van der Waals surface area contributed by atoms with Crippen LogP contribution in [0, 0.1) is 0 Å². The van der Waals surface area contributed by atoms with Gasteiger partial charge in [0.1, 0.15) is 24.7 Å². The van der Waals surface area contributed by atoms with E-state index in [1.807, 2.05) is 30.3 Å². The molecule has 0 unspecified atom stereocenters. The number of amides is 2. The smallest absolute Gasteiger partial charge is 0.273 e. The number of rotatable bonds is 9. The van der Waals surface area contributed by atoms with Crippen molar-refractivity contribution in [3.63, 3.8) is 0 Å². The number of para-hydroxylation sites is 2. The summed E-state index contributed by atoms with van der Waals surface area (Å²) in [7, 11) is 2.98. The van der Waals surface area contributed by atoms with Crippen molar-refractivity contribution >= 4 is 11.8 Å². The zero-order valence-electron chi connectivity index (χ0n) is 17.8. The van der Waals surface area contributed by atoms with E-state index in [9.17, 15) is 9.59 Å². The minimum Gasteiger partial charge on any atom is -0.493 e. The van der Waals surface area contributed by atoms with E-state index in [0.29, 0.717) is 29.4 Å². The molecule has 0 fully saturated rings. The fourth-order valence-corrected chi connectivity index (χ4v) is 2.84. The van der Waals surface area contributed by atoms with E-state index < -0.39 is 11.8 Å². The Morgan fingerprint density at radius 1 is 0.688 bits per heavy atom. The van der Waals surface area contributed by atoms with Gasteiger partial charge >= 0.3 is 0 Å². The highest BCUT2D eigenvalue weighted by molar-refractivity contribution is 6.00. The average Bonchev–Trinajstić information content (AvgIpc) is 2.85. The molecule has 0 heterocycles. The standard InChI is InChI=1S/C24H24N2O6/c1-29-21-13-12-17(16-22(21)30-2)23(27)25-26-24(28)19-10-6-7-11-20(19)32-15-14-31-18-8-4-3-5-9-18/h3-13,16H,14-15H2,1-2H3,(H,25,27)(H,26,28). The Labute approximate surface area is 186 Å². The van der Waals surface area contributed by atoms with Crippen LogP contribution in [0.4, 0.5) is 0 Å². The second-order valence-corrected chi connectivity index (χ2v) is 6.48. The van der Waals surface area contributed by atoms with Crippen LogP contribution >= 0.6 is 0 Å². The molecule has 166 valence electrons. The number of methoxy groups -OCH3 is 2. The molecule has 0 bridgehead atoms. The van der Waals surface area contributed by atoms with E-state index in [4.69, 9.17) is 18.9 Å². The highest BCUT2D eigenvalue weighted by Gasteiger charge is 2.15. The molecule has 3 rings (SSSR count). The van der Waals surface area contributed by atoms with Crippen LogP contribution in [0.5, 0.6) is 23.0 Å². The van der Waals surface area contributed by atoms with Gasteiger partial charge in [-0.1, -0.05) is 30.3 Å². The predicted octanol–water partition coefficient (Wildman–Crippen LogP) is 3.24. The molecule has 32 heavy (non-hydrogen) atoms. The molecule has 0 saturated carbocycles. The maximum atomic E-state index is 12.6. The maximum Gasteiger partial charge on any atom is 0.273 e.